The van der Waals surface area contributed by atoms with Gasteiger partial charge in [-0.05, 0) is 33.6 Å². The highest BCUT2D eigenvalue weighted by Crippen LogP contribution is 2.27. The summed E-state index contributed by atoms with van der Waals surface area (Å²) in [7, 11) is 0. The molecule has 1 aromatic rings. The first-order valence-corrected chi connectivity index (χ1v) is 5.34. The third-order valence-corrected chi connectivity index (χ3v) is 3.30. The Balaban J connectivity index is 2.35. The van der Waals surface area contributed by atoms with E-state index in [9.17, 15) is 4.79 Å². The lowest BCUT2D eigenvalue weighted by Gasteiger charge is -2.11. The number of carbonyl (C=O) groups excluding carboxylic acids is 1. The minimum atomic E-state index is -0.420. The molecule has 1 atom stereocenters. The number of amidine groups is 1. The van der Waals surface area contributed by atoms with Crippen LogP contribution in [0.4, 0.5) is 4.79 Å². The molecule has 3 N–H and O–H groups in total. The van der Waals surface area contributed by atoms with Crippen molar-refractivity contribution in [1.82, 2.24) is 5.32 Å². The van der Waals surface area contributed by atoms with E-state index in [1.165, 1.54) is 0 Å². The zero-order chi connectivity index (χ0) is 11.0. The number of benzene rings is 1. The van der Waals surface area contributed by atoms with Crippen LogP contribution in [0.25, 0.3) is 0 Å². The van der Waals surface area contributed by atoms with Crippen LogP contribution in [0.5, 0.6) is 0 Å². The van der Waals surface area contributed by atoms with Crippen molar-refractivity contribution in [3.05, 3.63) is 33.3 Å². The van der Waals surface area contributed by atoms with Crippen molar-refractivity contribution in [3.63, 3.8) is 0 Å². The maximum absolute atomic E-state index is 11.0. The number of nitrogens with zero attached hydrogens (tertiary/aromatic N) is 1. The zero-order valence-corrected chi connectivity index (χ0v) is 9.84. The van der Waals surface area contributed by atoms with E-state index in [1.807, 2.05) is 6.07 Å². The molecule has 0 bridgehead atoms. The van der Waals surface area contributed by atoms with E-state index in [1.54, 1.807) is 12.1 Å². The van der Waals surface area contributed by atoms with E-state index < -0.39 is 6.03 Å². The lowest BCUT2D eigenvalue weighted by molar-refractivity contribution is 0.250. The van der Waals surface area contributed by atoms with Crippen molar-refractivity contribution >= 4 is 39.4 Å². The van der Waals surface area contributed by atoms with Gasteiger partial charge >= 0.3 is 6.03 Å². The Morgan fingerprint density at radius 2 is 2.27 bits per heavy atom. The van der Waals surface area contributed by atoms with Gasteiger partial charge in [0.2, 0.25) is 0 Å². The van der Waals surface area contributed by atoms with Crippen molar-refractivity contribution in [3.8, 4) is 0 Å². The fourth-order valence-electron chi connectivity index (χ4n) is 1.36. The molecule has 1 aromatic carbocycles. The van der Waals surface area contributed by atoms with Crippen LogP contribution in [-0.2, 0) is 0 Å². The van der Waals surface area contributed by atoms with Crippen LogP contribution >= 0.6 is 27.5 Å². The number of amides is 2. The van der Waals surface area contributed by atoms with Crippen LogP contribution < -0.4 is 11.1 Å². The molecule has 1 aliphatic rings. The van der Waals surface area contributed by atoms with Crippen LogP contribution in [0.1, 0.15) is 11.6 Å². The molecule has 0 saturated carbocycles. The Hall–Kier alpha value is -1.07. The molecule has 4 nitrogen and oxygen atoms in total. The molecule has 78 valence electrons. The van der Waals surface area contributed by atoms with Crippen LogP contribution in [0.15, 0.2) is 27.7 Å². The molecule has 0 fully saturated rings. The molecule has 2 amide bonds. The molecular formula is C9H7BrClN3O. The molecule has 0 aromatic heterocycles. The van der Waals surface area contributed by atoms with Gasteiger partial charge in [-0.25, -0.2) is 4.79 Å². The number of halogens is 2. The maximum atomic E-state index is 11.0. The molecule has 1 heterocycles. The van der Waals surface area contributed by atoms with Gasteiger partial charge in [0, 0.05) is 4.47 Å². The minimum Gasteiger partial charge on any atom is -0.385 e. The highest BCUT2D eigenvalue weighted by atomic mass is 79.9. The summed E-state index contributed by atoms with van der Waals surface area (Å²) in [5.41, 5.74) is 6.42. The fraction of sp³-hybridized carbons (Fsp3) is 0.111. The Kier molecular flexibility index (Phi) is 2.67. The molecule has 0 aliphatic carbocycles. The summed E-state index contributed by atoms with van der Waals surface area (Å²) >= 11 is 9.22. The highest BCUT2D eigenvalue weighted by Gasteiger charge is 2.25. The quantitative estimate of drug-likeness (QED) is 0.832. The molecule has 0 radical (unpaired) electrons. The Morgan fingerprint density at radius 3 is 2.80 bits per heavy atom. The minimum absolute atomic E-state index is 0.262. The molecule has 1 unspecified atom stereocenters. The van der Waals surface area contributed by atoms with Gasteiger partial charge in [0.15, 0.2) is 0 Å². The second-order valence-electron chi connectivity index (χ2n) is 3.09. The van der Waals surface area contributed by atoms with E-state index >= 15 is 0 Å². The number of carbonyl (C=O) groups is 1. The monoisotopic (exact) mass is 287 g/mol. The summed E-state index contributed by atoms with van der Waals surface area (Å²) in [5.74, 6) is 0.262. The van der Waals surface area contributed by atoms with Crippen molar-refractivity contribution in [2.24, 2.45) is 10.7 Å². The lowest BCUT2D eigenvalue weighted by atomic mass is 10.1. The summed E-state index contributed by atoms with van der Waals surface area (Å²) in [4.78, 5) is 14.6. The summed E-state index contributed by atoms with van der Waals surface area (Å²) in [6, 6.07) is 4.58. The number of urea groups is 1. The third kappa shape index (κ3) is 1.98. The average molecular weight is 289 g/mol. The first-order chi connectivity index (χ1) is 7.08. The van der Waals surface area contributed by atoms with E-state index in [-0.39, 0.29) is 11.9 Å². The van der Waals surface area contributed by atoms with E-state index in [2.05, 4.69) is 26.2 Å². The first-order valence-electron chi connectivity index (χ1n) is 4.17. The van der Waals surface area contributed by atoms with Gasteiger partial charge in [0.25, 0.3) is 0 Å². The van der Waals surface area contributed by atoms with E-state index in [0.717, 1.165) is 10.0 Å². The second kappa shape index (κ2) is 3.83. The molecule has 0 saturated heterocycles. The molecule has 0 spiro atoms. The van der Waals surface area contributed by atoms with Gasteiger partial charge in [0.1, 0.15) is 11.9 Å². The Labute approximate surface area is 99.6 Å². The topological polar surface area (TPSA) is 67.5 Å². The molecule has 15 heavy (non-hydrogen) atoms. The third-order valence-electron chi connectivity index (χ3n) is 2.07. The van der Waals surface area contributed by atoms with Crippen molar-refractivity contribution in [2.75, 3.05) is 0 Å². The van der Waals surface area contributed by atoms with Gasteiger partial charge in [0.05, 0.1) is 5.02 Å². The van der Waals surface area contributed by atoms with Crippen LogP contribution in [-0.4, -0.2) is 11.9 Å². The van der Waals surface area contributed by atoms with E-state index in [0.29, 0.717) is 5.02 Å². The predicted molar refractivity (Wildman–Crippen MR) is 62.0 cm³/mol. The van der Waals surface area contributed by atoms with Gasteiger partial charge in [-0.3, -0.25) is 0 Å². The van der Waals surface area contributed by atoms with Crippen molar-refractivity contribution in [1.29, 1.82) is 0 Å². The summed E-state index contributed by atoms with van der Waals surface area (Å²) in [6.07, 6.45) is 0. The number of nitrogens with two attached hydrogens (primary N) is 1. The average Bonchev–Trinajstić information content (AvgIpc) is 2.50. The van der Waals surface area contributed by atoms with Gasteiger partial charge in [-0.2, -0.15) is 4.99 Å². The number of nitrogens with one attached hydrogen (secondary N) is 1. The summed E-state index contributed by atoms with van der Waals surface area (Å²) in [6.45, 7) is 0. The highest BCUT2D eigenvalue weighted by molar-refractivity contribution is 9.10. The van der Waals surface area contributed by atoms with E-state index in [4.69, 9.17) is 17.3 Å². The van der Waals surface area contributed by atoms with Crippen LogP contribution in [0.3, 0.4) is 0 Å². The van der Waals surface area contributed by atoms with Gasteiger partial charge in [-0.15, -0.1) is 0 Å². The molecule has 1 aliphatic heterocycles. The molecule has 2 rings (SSSR count). The fourth-order valence-corrected chi connectivity index (χ4v) is 1.79. The van der Waals surface area contributed by atoms with Crippen molar-refractivity contribution in [2.45, 2.75) is 6.04 Å². The first kappa shape index (κ1) is 10.4. The second-order valence-corrected chi connectivity index (χ2v) is 4.35. The maximum Gasteiger partial charge on any atom is 0.343 e. The van der Waals surface area contributed by atoms with Crippen LogP contribution in [0.2, 0.25) is 5.02 Å². The number of hydrogen-bond donors (Lipinski definition) is 2. The van der Waals surface area contributed by atoms with Crippen molar-refractivity contribution < 1.29 is 4.79 Å². The SMILES string of the molecule is NC1=NC(=O)NC1c1ccc(Br)c(Cl)c1. The summed E-state index contributed by atoms with van der Waals surface area (Å²) < 4.78 is 0.799. The Morgan fingerprint density at radius 1 is 1.53 bits per heavy atom. The standard InChI is InChI=1S/C9H7BrClN3O/c10-5-2-1-4(3-6(5)11)7-8(12)14-9(15)13-7/h1-3,7H,(H3,12,13,14,15). The van der Waals surface area contributed by atoms with Gasteiger partial charge < -0.3 is 11.1 Å². The van der Waals surface area contributed by atoms with Crippen LogP contribution in [0, 0.1) is 0 Å². The summed E-state index contributed by atoms with van der Waals surface area (Å²) in [5, 5.41) is 3.20. The number of hydrogen-bond acceptors (Lipinski definition) is 2. The zero-order valence-electron chi connectivity index (χ0n) is 7.50. The largest absolute Gasteiger partial charge is 0.385 e. The predicted octanol–water partition coefficient (Wildman–Crippen LogP) is 2.22. The molecule has 6 heteroatoms. The molecular weight excluding hydrogens is 281 g/mol. The smallest absolute Gasteiger partial charge is 0.343 e. The van der Waals surface area contributed by atoms with Gasteiger partial charge in [-0.1, -0.05) is 17.7 Å². The normalized spacial score (nSPS) is 20.0. The lowest BCUT2D eigenvalue weighted by Crippen LogP contribution is -2.27. The Bertz CT molecular complexity index is 461. The number of aliphatic imine (C=N–C) groups is 1. The number of rotatable bonds is 1.